The summed E-state index contributed by atoms with van der Waals surface area (Å²) in [6.07, 6.45) is 2.43. The Morgan fingerprint density at radius 3 is 1.58 bits per heavy atom. The van der Waals surface area contributed by atoms with Gasteiger partial charge in [-0.05, 0) is 0 Å². The summed E-state index contributed by atoms with van der Waals surface area (Å²) in [5.74, 6) is 0.773. The molecule has 77 valence electrons. The minimum atomic E-state index is 0. The Bertz CT molecular complexity index is 62.9. The van der Waals surface area contributed by atoms with Crippen molar-refractivity contribution in [3.05, 3.63) is 6.92 Å². The molecular weight excluding hydrogens is 305 g/mol. The van der Waals surface area contributed by atoms with Crippen molar-refractivity contribution in [2.24, 2.45) is 5.92 Å². The predicted octanol–water partition coefficient (Wildman–Crippen LogP) is 4.02. The van der Waals surface area contributed by atoms with Crippen LogP contribution in [0.1, 0.15) is 33.6 Å². The van der Waals surface area contributed by atoms with E-state index in [1.807, 2.05) is 0 Å². The molecular formula is C10H24GdSi-. The van der Waals surface area contributed by atoms with Gasteiger partial charge < -0.3 is 6.92 Å². The Morgan fingerprint density at radius 1 is 1.25 bits per heavy atom. The molecule has 0 aromatic heterocycles. The maximum Gasteiger partial charge on any atom is 0.0412 e. The van der Waals surface area contributed by atoms with Crippen molar-refractivity contribution in [2.45, 2.75) is 52.8 Å². The molecule has 0 amide bonds. The van der Waals surface area contributed by atoms with Crippen molar-refractivity contribution < 1.29 is 39.9 Å². The molecule has 0 N–H and O–H groups in total. The third-order valence-electron chi connectivity index (χ3n) is 1.33. The summed E-state index contributed by atoms with van der Waals surface area (Å²) in [6.45, 7) is 15.0. The molecule has 0 nitrogen and oxygen atoms in total. The maximum atomic E-state index is 3.69. The molecule has 12 heavy (non-hydrogen) atoms. The van der Waals surface area contributed by atoms with Gasteiger partial charge in [-0.1, -0.05) is 52.2 Å². The minimum absolute atomic E-state index is 0. The first kappa shape index (κ1) is 19.2. The quantitative estimate of drug-likeness (QED) is 0.542. The smallest absolute Gasteiger partial charge is 0.0412 e. The summed E-state index contributed by atoms with van der Waals surface area (Å²) >= 11 is 0. The van der Waals surface area contributed by atoms with Crippen LogP contribution < -0.4 is 0 Å². The summed E-state index contributed by atoms with van der Waals surface area (Å²) in [6, 6.07) is 1.48. The van der Waals surface area contributed by atoms with Crippen molar-refractivity contribution in [3.63, 3.8) is 0 Å². The Labute approximate surface area is 113 Å². The third-order valence-corrected chi connectivity index (χ3v) is 2.83. The second-order valence-electron chi connectivity index (χ2n) is 3.64. The molecule has 0 saturated carbocycles. The van der Waals surface area contributed by atoms with Crippen LogP contribution in [0.15, 0.2) is 0 Å². The average Bonchev–Trinajstić information content (AvgIpc) is 1.89. The molecule has 0 aliphatic rings. The van der Waals surface area contributed by atoms with Crippen LogP contribution in [-0.4, -0.2) is 8.80 Å². The van der Waals surface area contributed by atoms with E-state index < -0.39 is 0 Å². The van der Waals surface area contributed by atoms with E-state index in [2.05, 4.69) is 40.8 Å². The Kier molecular flexibility index (Phi) is 24.0. The van der Waals surface area contributed by atoms with Crippen LogP contribution in [0.4, 0.5) is 0 Å². The summed E-state index contributed by atoms with van der Waals surface area (Å²) in [5, 5.41) is 0. The zero-order valence-corrected chi connectivity index (χ0v) is 12.5. The number of hydrogen-bond donors (Lipinski definition) is 0. The van der Waals surface area contributed by atoms with Crippen LogP contribution in [0.3, 0.4) is 0 Å². The van der Waals surface area contributed by atoms with E-state index in [-0.39, 0.29) is 48.7 Å². The largest absolute Gasteiger partial charge is 0.343 e. The first-order chi connectivity index (χ1) is 5.04. The van der Waals surface area contributed by atoms with Crippen LogP contribution in [0.5, 0.6) is 0 Å². The van der Waals surface area contributed by atoms with Crippen LogP contribution in [0.25, 0.3) is 0 Å². The predicted molar refractivity (Wildman–Crippen MR) is 57.4 cm³/mol. The zero-order chi connectivity index (χ0) is 9.28. The first-order valence-corrected chi connectivity index (χ1v) is 7.33. The zero-order valence-electron chi connectivity index (χ0n) is 9.26. The van der Waals surface area contributed by atoms with Gasteiger partial charge in [0.2, 0.25) is 0 Å². The first-order valence-electron chi connectivity index (χ1n) is 4.62. The molecule has 0 aromatic carbocycles. The SMILES string of the molecule is CCC[Si](C)C.[CH2-]CC(C)C.[Gd]. The van der Waals surface area contributed by atoms with E-state index in [1.165, 1.54) is 12.5 Å². The fourth-order valence-corrected chi connectivity index (χ4v) is 1.50. The average molecular weight is 330 g/mol. The molecule has 1 radical (unpaired) electrons. The molecule has 0 saturated heterocycles. The second kappa shape index (κ2) is 15.0. The van der Waals surface area contributed by atoms with E-state index in [0.29, 0.717) is 0 Å². The van der Waals surface area contributed by atoms with E-state index >= 15 is 0 Å². The summed E-state index contributed by atoms with van der Waals surface area (Å²) in [5.41, 5.74) is 0. The van der Waals surface area contributed by atoms with Gasteiger partial charge in [0.25, 0.3) is 0 Å². The molecule has 0 heterocycles. The fraction of sp³-hybridized carbons (Fsp3) is 0.900. The van der Waals surface area contributed by atoms with E-state index in [4.69, 9.17) is 0 Å². The van der Waals surface area contributed by atoms with Crippen LogP contribution in [-0.2, 0) is 0 Å². The molecule has 0 aliphatic heterocycles. The van der Waals surface area contributed by atoms with Crippen LogP contribution in [0.2, 0.25) is 19.1 Å². The van der Waals surface area contributed by atoms with Crippen molar-refractivity contribution in [1.29, 1.82) is 0 Å². The maximum absolute atomic E-state index is 3.69. The number of hydrogen-bond acceptors (Lipinski definition) is 0. The molecule has 0 bridgehead atoms. The van der Waals surface area contributed by atoms with Crippen molar-refractivity contribution in [1.82, 2.24) is 0 Å². The van der Waals surface area contributed by atoms with Gasteiger partial charge in [-0.15, -0.1) is 0 Å². The van der Waals surface area contributed by atoms with Gasteiger partial charge in [-0.2, -0.15) is 6.42 Å². The van der Waals surface area contributed by atoms with Crippen molar-refractivity contribution in [3.8, 4) is 0 Å². The van der Waals surface area contributed by atoms with E-state index in [1.54, 1.807) is 0 Å². The monoisotopic (exact) mass is 330 g/mol. The molecule has 0 aliphatic carbocycles. The topological polar surface area (TPSA) is 0 Å². The van der Waals surface area contributed by atoms with Gasteiger partial charge in [0.1, 0.15) is 0 Å². The van der Waals surface area contributed by atoms with E-state index in [9.17, 15) is 0 Å². The van der Waals surface area contributed by atoms with Gasteiger partial charge >= 0.3 is 0 Å². The Hall–Kier alpha value is 1.54. The van der Waals surface area contributed by atoms with Gasteiger partial charge in [-0.25, -0.2) is 0 Å². The van der Waals surface area contributed by atoms with Gasteiger partial charge in [0, 0.05) is 48.7 Å². The number of rotatable bonds is 3. The fourth-order valence-electron chi connectivity index (χ4n) is 0.500. The third kappa shape index (κ3) is 30.0. The molecule has 0 fully saturated rings. The van der Waals surface area contributed by atoms with Crippen molar-refractivity contribution >= 4 is 8.80 Å². The molecule has 2 heteroatoms. The molecule has 0 spiro atoms. The Balaban J connectivity index is -0.000000126. The summed E-state index contributed by atoms with van der Waals surface area (Å²) in [7, 11) is 0.114. The normalized spacial score (nSPS) is 9.00. The summed E-state index contributed by atoms with van der Waals surface area (Å²) < 4.78 is 0. The van der Waals surface area contributed by atoms with Gasteiger partial charge in [0.05, 0.1) is 0 Å². The minimum Gasteiger partial charge on any atom is -0.343 e. The molecule has 0 unspecified atom stereocenters. The molecule has 0 atom stereocenters. The standard InChI is InChI=1S/C5H13Si.C5H11.Gd/c1-4-5-6(2)3;1-4-5(2)3;/h4-5H2,1-3H3;5H,1,4H2,2-3H3;/q;-1;. The molecule has 0 aromatic rings. The summed E-state index contributed by atoms with van der Waals surface area (Å²) in [4.78, 5) is 0. The van der Waals surface area contributed by atoms with E-state index in [0.717, 1.165) is 12.3 Å². The van der Waals surface area contributed by atoms with Gasteiger partial charge in [0.15, 0.2) is 0 Å². The second-order valence-corrected chi connectivity index (χ2v) is 6.55. The Morgan fingerprint density at radius 2 is 1.58 bits per heavy atom. The van der Waals surface area contributed by atoms with Gasteiger partial charge in [-0.3, -0.25) is 0 Å². The van der Waals surface area contributed by atoms with Crippen LogP contribution in [0, 0.1) is 52.8 Å². The van der Waals surface area contributed by atoms with Crippen molar-refractivity contribution in [2.75, 3.05) is 0 Å². The van der Waals surface area contributed by atoms with Crippen LogP contribution >= 0.6 is 0 Å². The molecule has 0 rings (SSSR count).